The summed E-state index contributed by atoms with van der Waals surface area (Å²) in [5.41, 5.74) is 16.0. The molecule has 0 saturated carbocycles. The lowest BCUT2D eigenvalue weighted by molar-refractivity contribution is 1.19. The second-order valence-electron chi connectivity index (χ2n) is 13.0. The molecule has 0 bridgehead atoms. The van der Waals surface area contributed by atoms with Crippen molar-refractivity contribution >= 4 is 79.8 Å². The summed E-state index contributed by atoms with van der Waals surface area (Å²) in [5, 5.41) is 8.22. The van der Waals surface area contributed by atoms with E-state index in [1.165, 1.54) is 98.7 Å². The Morgan fingerprint density at radius 1 is 0.478 bits per heavy atom. The Balaban J connectivity index is 1.24. The molecule has 8 aromatic carbocycles. The average molecular weight is 581 g/mol. The lowest BCUT2D eigenvalue weighted by Gasteiger charge is -2.24. The SMILES string of the molecule is Cc1ccc2c3ccccc3c3ccc4c5c3c2c1n5-c1c(Bc2cc(-c3ccccc3)cc(-c3ccccc3)c2)cccc1B4. The van der Waals surface area contributed by atoms with Crippen molar-refractivity contribution in [1.29, 1.82) is 0 Å². The van der Waals surface area contributed by atoms with E-state index in [-0.39, 0.29) is 0 Å². The third-order valence-corrected chi connectivity index (χ3v) is 10.3. The van der Waals surface area contributed by atoms with Crippen molar-refractivity contribution in [2.75, 3.05) is 0 Å². The summed E-state index contributed by atoms with van der Waals surface area (Å²) < 4.78 is 2.64. The molecule has 0 saturated heterocycles. The third-order valence-electron chi connectivity index (χ3n) is 10.3. The number of para-hydroxylation sites is 1. The number of aromatic nitrogens is 1. The van der Waals surface area contributed by atoms with Crippen molar-refractivity contribution in [3.63, 3.8) is 0 Å². The van der Waals surface area contributed by atoms with E-state index in [1.807, 2.05) is 0 Å². The molecule has 0 atom stereocenters. The van der Waals surface area contributed by atoms with Gasteiger partial charge in [0.25, 0.3) is 0 Å². The van der Waals surface area contributed by atoms with E-state index in [9.17, 15) is 0 Å². The van der Waals surface area contributed by atoms with Gasteiger partial charge in [-0.3, -0.25) is 0 Å². The third kappa shape index (κ3) is 3.66. The molecule has 0 amide bonds. The zero-order valence-electron chi connectivity index (χ0n) is 25.7. The Morgan fingerprint density at radius 2 is 1.09 bits per heavy atom. The van der Waals surface area contributed by atoms with Crippen LogP contribution in [0.5, 0.6) is 0 Å². The molecule has 0 unspecified atom stereocenters. The minimum absolute atomic E-state index is 0.860. The van der Waals surface area contributed by atoms with Gasteiger partial charge in [0.05, 0.1) is 5.52 Å². The van der Waals surface area contributed by atoms with Gasteiger partial charge < -0.3 is 4.57 Å². The lowest BCUT2D eigenvalue weighted by Crippen LogP contribution is -2.42. The molecule has 1 aromatic heterocycles. The summed E-state index contributed by atoms with van der Waals surface area (Å²) in [6, 6.07) is 54.1. The van der Waals surface area contributed by atoms with Crippen LogP contribution in [-0.4, -0.2) is 19.1 Å². The molecule has 0 radical (unpaired) electrons. The normalized spacial score (nSPS) is 12.2. The Hall–Kier alpha value is -5.53. The van der Waals surface area contributed by atoms with Crippen LogP contribution in [0.4, 0.5) is 0 Å². The molecule has 0 aliphatic carbocycles. The fourth-order valence-electron chi connectivity index (χ4n) is 8.29. The topological polar surface area (TPSA) is 4.93 Å². The highest BCUT2D eigenvalue weighted by Gasteiger charge is 2.29. The molecule has 0 N–H and O–H groups in total. The van der Waals surface area contributed by atoms with E-state index in [0.29, 0.717) is 0 Å². The van der Waals surface area contributed by atoms with Gasteiger partial charge in [0, 0.05) is 22.0 Å². The van der Waals surface area contributed by atoms with E-state index in [2.05, 4.69) is 157 Å². The molecule has 2 heterocycles. The zero-order chi connectivity index (χ0) is 30.4. The lowest BCUT2D eigenvalue weighted by atomic mass is 9.56. The van der Waals surface area contributed by atoms with E-state index in [0.717, 1.165) is 14.6 Å². The summed E-state index contributed by atoms with van der Waals surface area (Å²) in [7, 11) is 1.81. The van der Waals surface area contributed by atoms with Crippen LogP contribution < -0.4 is 21.9 Å². The first-order valence-corrected chi connectivity index (χ1v) is 16.3. The molecule has 1 aliphatic heterocycles. The maximum atomic E-state index is 2.64. The number of hydrogen-bond donors (Lipinski definition) is 0. The Kier molecular flexibility index (Phi) is 5.45. The second kappa shape index (κ2) is 9.73. The fraction of sp³-hybridized carbons (Fsp3) is 0.0233. The first kappa shape index (κ1) is 25.8. The van der Waals surface area contributed by atoms with Gasteiger partial charge in [-0.1, -0.05) is 161 Å². The van der Waals surface area contributed by atoms with E-state index in [1.54, 1.807) is 0 Å². The smallest absolute Gasteiger partial charge is 0.197 e. The van der Waals surface area contributed by atoms with Crippen LogP contribution in [0.15, 0.2) is 146 Å². The van der Waals surface area contributed by atoms with Gasteiger partial charge in [0.1, 0.15) is 0 Å². The molecule has 212 valence electrons. The highest BCUT2D eigenvalue weighted by atomic mass is 15.0. The van der Waals surface area contributed by atoms with Crippen LogP contribution in [0.1, 0.15) is 5.56 Å². The van der Waals surface area contributed by atoms with Gasteiger partial charge >= 0.3 is 0 Å². The van der Waals surface area contributed by atoms with Crippen molar-refractivity contribution in [2.24, 2.45) is 0 Å². The van der Waals surface area contributed by atoms with E-state index >= 15 is 0 Å². The van der Waals surface area contributed by atoms with Gasteiger partial charge in [-0.05, 0) is 62.4 Å². The second-order valence-corrected chi connectivity index (χ2v) is 13.0. The molecule has 1 aliphatic rings. The van der Waals surface area contributed by atoms with Crippen molar-refractivity contribution < 1.29 is 0 Å². The largest absolute Gasteiger partial charge is 0.311 e. The molecule has 0 spiro atoms. The fourth-order valence-corrected chi connectivity index (χ4v) is 8.29. The van der Waals surface area contributed by atoms with Crippen molar-refractivity contribution in [1.82, 2.24) is 4.57 Å². The van der Waals surface area contributed by atoms with Crippen LogP contribution in [0.25, 0.3) is 71.3 Å². The highest BCUT2D eigenvalue weighted by Crippen LogP contribution is 2.44. The maximum absolute atomic E-state index is 2.64. The molecule has 1 nitrogen and oxygen atoms in total. The Labute approximate surface area is 269 Å². The molecule has 46 heavy (non-hydrogen) atoms. The van der Waals surface area contributed by atoms with Crippen LogP contribution in [0.2, 0.25) is 0 Å². The molecule has 0 fully saturated rings. The predicted octanol–water partition coefficient (Wildman–Crippen LogP) is 7.26. The van der Waals surface area contributed by atoms with Gasteiger partial charge in [0.2, 0.25) is 0 Å². The first-order chi connectivity index (χ1) is 22.7. The van der Waals surface area contributed by atoms with Crippen LogP contribution in [-0.2, 0) is 0 Å². The highest BCUT2D eigenvalue weighted by molar-refractivity contribution is 6.75. The van der Waals surface area contributed by atoms with Crippen LogP contribution >= 0.6 is 0 Å². The number of aryl methyl sites for hydroxylation is 1. The number of benzene rings is 8. The summed E-state index contributed by atoms with van der Waals surface area (Å²) in [6.45, 7) is 2.29. The Morgan fingerprint density at radius 3 is 1.76 bits per heavy atom. The van der Waals surface area contributed by atoms with Gasteiger partial charge in [-0.25, -0.2) is 0 Å². The summed E-state index contributed by atoms with van der Waals surface area (Å²) in [4.78, 5) is 0. The van der Waals surface area contributed by atoms with Crippen molar-refractivity contribution in [3.8, 4) is 27.9 Å². The average Bonchev–Trinajstić information content (AvgIpc) is 3.48. The van der Waals surface area contributed by atoms with Crippen LogP contribution in [0, 0.1) is 6.92 Å². The maximum Gasteiger partial charge on any atom is 0.197 e. The molecular formula is C43H29B2N. The van der Waals surface area contributed by atoms with E-state index in [4.69, 9.17) is 0 Å². The Bertz CT molecular complexity index is 2520. The van der Waals surface area contributed by atoms with Gasteiger partial charge in [0.15, 0.2) is 14.6 Å². The zero-order valence-corrected chi connectivity index (χ0v) is 25.7. The summed E-state index contributed by atoms with van der Waals surface area (Å²) >= 11 is 0. The number of fused-ring (bicyclic) bond motifs is 6. The number of rotatable bonds is 4. The summed E-state index contributed by atoms with van der Waals surface area (Å²) in [6.07, 6.45) is 0. The van der Waals surface area contributed by atoms with Crippen molar-refractivity contribution in [3.05, 3.63) is 151 Å². The van der Waals surface area contributed by atoms with Crippen molar-refractivity contribution in [2.45, 2.75) is 6.92 Å². The standard InChI is InChI=1S/C43H29B2N/c1-26-19-20-34-32-15-8-9-16-33(32)35-21-22-38-43-40(35)39(34)41(26)46(43)42-36(17-10-18-37(42)45-38)44-31-24-29(27-11-4-2-5-12-27)23-30(25-31)28-13-6-3-7-14-28/h2-25,44-45H,1H3. The van der Waals surface area contributed by atoms with Crippen LogP contribution in [0.3, 0.4) is 0 Å². The number of nitrogens with zero attached hydrogens (tertiary/aromatic N) is 1. The minimum Gasteiger partial charge on any atom is -0.311 e. The monoisotopic (exact) mass is 581 g/mol. The van der Waals surface area contributed by atoms with Gasteiger partial charge in [-0.2, -0.15) is 0 Å². The van der Waals surface area contributed by atoms with E-state index < -0.39 is 0 Å². The quantitative estimate of drug-likeness (QED) is 0.152. The predicted molar refractivity (Wildman–Crippen MR) is 202 cm³/mol. The number of hydrogen-bond acceptors (Lipinski definition) is 0. The first-order valence-electron chi connectivity index (χ1n) is 16.3. The molecule has 9 aromatic rings. The molecule has 10 rings (SSSR count). The van der Waals surface area contributed by atoms with Gasteiger partial charge in [-0.15, -0.1) is 0 Å². The minimum atomic E-state index is 0.860. The molecular weight excluding hydrogens is 552 g/mol. The summed E-state index contributed by atoms with van der Waals surface area (Å²) in [5.74, 6) is 0. The molecule has 3 heteroatoms.